The van der Waals surface area contributed by atoms with Crippen molar-refractivity contribution in [2.45, 2.75) is 58.4 Å². The number of hydrogen-bond acceptors (Lipinski definition) is 3. The Bertz CT molecular complexity index is 614. The molecular formula is C20H32N2O3. The fraction of sp³-hybridized carbons (Fsp3) is 0.650. The van der Waals surface area contributed by atoms with Crippen LogP contribution in [0.4, 0.5) is 10.5 Å². The summed E-state index contributed by atoms with van der Waals surface area (Å²) in [4.78, 5) is 14.5. The predicted molar refractivity (Wildman–Crippen MR) is 101 cm³/mol. The van der Waals surface area contributed by atoms with Crippen molar-refractivity contribution in [3.05, 3.63) is 29.3 Å². The summed E-state index contributed by atoms with van der Waals surface area (Å²) >= 11 is 0. The van der Waals surface area contributed by atoms with Gasteiger partial charge in [-0.3, -0.25) is 0 Å². The van der Waals surface area contributed by atoms with Gasteiger partial charge < -0.3 is 20.1 Å². The van der Waals surface area contributed by atoms with Gasteiger partial charge in [0.15, 0.2) is 0 Å². The number of aliphatic hydroxyl groups excluding tert-OH is 1. The van der Waals surface area contributed by atoms with Gasteiger partial charge in [-0.25, -0.2) is 4.79 Å². The molecule has 1 aliphatic heterocycles. The largest absolute Gasteiger partial charge is 0.394 e. The van der Waals surface area contributed by atoms with Crippen LogP contribution >= 0.6 is 0 Å². The second-order valence-corrected chi connectivity index (χ2v) is 8.80. The Labute approximate surface area is 151 Å². The van der Waals surface area contributed by atoms with Crippen molar-refractivity contribution in [2.75, 3.05) is 31.7 Å². The smallest absolute Gasteiger partial charge is 0.322 e. The van der Waals surface area contributed by atoms with Gasteiger partial charge in [-0.15, -0.1) is 0 Å². The topological polar surface area (TPSA) is 61.8 Å². The predicted octanol–water partition coefficient (Wildman–Crippen LogP) is 3.51. The lowest BCUT2D eigenvalue weighted by molar-refractivity contribution is -0.00485. The molecule has 25 heavy (non-hydrogen) atoms. The Hall–Kier alpha value is -1.59. The highest BCUT2D eigenvalue weighted by Crippen LogP contribution is 2.34. The highest BCUT2D eigenvalue weighted by molar-refractivity contribution is 5.91. The van der Waals surface area contributed by atoms with E-state index in [1.807, 2.05) is 0 Å². The van der Waals surface area contributed by atoms with Crippen LogP contribution in [0.5, 0.6) is 0 Å². The first-order valence-electron chi connectivity index (χ1n) is 8.95. The van der Waals surface area contributed by atoms with Crippen LogP contribution in [0.1, 0.15) is 52.7 Å². The quantitative estimate of drug-likeness (QED) is 0.860. The zero-order valence-corrected chi connectivity index (χ0v) is 16.3. The number of carbonyl (C=O) groups is 1. The molecule has 1 aromatic carbocycles. The Morgan fingerprint density at radius 1 is 1.24 bits per heavy atom. The molecule has 1 saturated heterocycles. The summed E-state index contributed by atoms with van der Waals surface area (Å²) in [5, 5.41) is 12.6. The minimum Gasteiger partial charge on any atom is -0.394 e. The van der Waals surface area contributed by atoms with E-state index in [0.717, 1.165) is 11.3 Å². The molecule has 0 radical (unpaired) electrons. The third-order valence-corrected chi connectivity index (χ3v) is 4.63. The number of benzene rings is 1. The van der Waals surface area contributed by atoms with E-state index in [9.17, 15) is 9.90 Å². The lowest BCUT2D eigenvalue weighted by Gasteiger charge is -2.35. The summed E-state index contributed by atoms with van der Waals surface area (Å²) in [6, 6.07) is 5.85. The first-order chi connectivity index (χ1) is 11.5. The summed E-state index contributed by atoms with van der Waals surface area (Å²) in [7, 11) is 0. The first kappa shape index (κ1) is 19.7. The summed E-state index contributed by atoms with van der Waals surface area (Å²) in [5.41, 5.74) is 3.04. The van der Waals surface area contributed by atoms with Crippen LogP contribution in [0.25, 0.3) is 0 Å². The van der Waals surface area contributed by atoms with Crippen LogP contribution in [0, 0.1) is 0 Å². The lowest BCUT2D eigenvalue weighted by Crippen LogP contribution is -2.52. The molecule has 1 aliphatic rings. The van der Waals surface area contributed by atoms with Crippen LogP contribution in [0.15, 0.2) is 18.2 Å². The van der Waals surface area contributed by atoms with Gasteiger partial charge in [0.05, 0.1) is 25.9 Å². The second kappa shape index (κ2) is 7.34. The number of amides is 2. The second-order valence-electron chi connectivity index (χ2n) is 8.80. The third-order valence-electron chi connectivity index (χ3n) is 4.63. The lowest BCUT2D eigenvalue weighted by atomic mass is 9.81. The Kier molecular flexibility index (Phi) is 5.79. The number of aliphatic hydroxyl groups is 1. The highest BCUT2D eigenvalue weighted by Gasteiger charge is 2.28. The molecule has 0 aliphatic carbocycles. The van der Waals surface area contributed by atoms with Crippen LogP contribution in [-0.4, -0.2) is 48.4 Å². The summed E-state index contributed by atoms with van der Waals surface area (Å²) in [6.07, 6.45) is 0. The average Bonchev–Trinajstić information content (AvgIpc) is 2.52. The number of anilines is 1. The highest BCUT2D eigenvalue weighted by atomic mass is 16.5. The molecule has 5 heteroatoms. The van der Waals surface area contributed by atoms with Gasteiger partial charge in [0, 0.05) is 12.2 Å². The van der Waals surface area contributed by atoms with E-state index < -0.39 is 0 Å². The van der Waals surface area contributed by atoms with E-state index in [2.05, 4.69) is 65.1 Å². The molecular weight excluding hydrogens is 316 g/mol. The number of urea groups is 1. The molecule has 1 heterocycles. The first-order valence-corrected chi connectivity index (χ1v) is 8.95. The van der Waals surface area contributed by atoms with Gasteiger partial charge in [0.1, 0.15) is 0 Å². The van der Waals surface area contributed by atoms with Gasteiger partial charge in [0.25, 0.3) is 0 Å². The van der Waals surface area contributed by atoms with E-state index in [-0.39, 0.29) is 29.5 Å². The molecule has 1 atom stereocenters. The van der Waals surface area contributed by atoms with Crippen molar-refractivity contribution in [3.63, 3.8) is 0 Å². The molecule has 1 unspecified atom stereocenters. The Morgan fingerprint density at radius 2 is 1.92 bits per heavy atom. The van der Waals surface area contributed by atoms with Crippen LogP contribution in [0.2, 0.25) is 0 Å². The van der Waals surface area contributed by atoms with Crippen molar-refractivity contribution < 1.29 is 14.6 Å². The summed E-state index contributed by atoms with van der Waals surface area (Å²) < 4.78 is 5.36. The van der Waals surface area contributed by atoms with Crippen molar-refractivity contribution in [2.24, 2.45) is 0 Å². The molecule has 140 valence electrons. The summed E-state index contributed by atoms with van der Waals surface area (Å²) in [6.45, 7) is 14.2. The maximum Gasteiger partial charge on any atom is 0.322 e. The molecule has 0 spiro atoms. The fourth-order valence-electron chi connectivity index (χ4n) is 3.03. The minimum atomic E-state index is -0.294. The number of ether oxygens (including phenoxy) is 1. The molecule has 0 saturated carbocycles. The summed E-state index contributed by atoms with van der Waals surface area (Å²) in [5.74, 6) is 0. The number of carbonyl (C=O) groups excluding carboxylic acids is 1. The average molecular weight is 348 g/mol. The van der Waals surface area contributed by atoms with Crippen molar-refractivity contribution in [1.82, 2.24) is 4.90 Å². The van der Waals surface area contributed by atoms with Crippen molar-refractivity contribution >= 4 is 11.7 Å². The molecule has 5 nitrogen and oxygen atoms in total. The van der Waals surface area contributed by atoms with Gasteiger partial charge >= 0.3 is 6.03 Å². The van der Waals surface area contributed by atoms with Gasteiger partial charge in [-0.05, 0) is 28.0 Å². The molecule has 0 aromatic heterocycles. The minimum absolute atomic E-state index is 0.00247. The SMILES string of the molecule is CC(C)(C)c1ccc(C(C)(C)C)c(NC(=O)N2CCOCC2CO)c1. The molecule has 1 aromatic rings. The normalized spacial score (nSPS) is 19.0. The molecule has 2 amide bonds. The van der Waals surface area contributed by atoms with Crippen molar-refractivity contribution in [1.29, 1.82) is 0 Å². The fourth-order valence-corrected chi connectivity index (χ4v) is 3.03. The zero-order chi connectivity index (χ0) is 18.8. The van der Waals surface area contributed by atoms with E-state index in [4.69, 9.17) is 4.74 Å². The van der Waals surface area contributed by atoms with Gasteiger partial charge in [0.2, 0.25) is 0 Å². The molecule has 0 bridgehead atoms. The Morgan fingerprint density at radius 3 is 2.48 bits per heavy atom. The number of rotatable bonds is 2. The molecule has 1 fully saturated rings. The number of morpholine rings is 1. The van der Waals surface area contributed by atoms with E-state index in [1.54, 1.807) is 4.90 Å². The molecule has 2 rings (SSSR count). The Balaban J connectivity index is 2.34. The number of nitrogens with zero attached hydrogens (tertiary/aromatic N) is 1. The number of nitrogens with one attached hydrogen (secondary N) is 1. The van der Waals surface area contributed by atoms with Gasteiger partial charge in [-0.1, -0.05) is 53.7 Å². The van der Waals surface area contributed by atoms with E-state index in [1.165, 1.54) is 5.56 Å². The van der Waals surface area contributed by atoms with Crippen LogP contribution < -0.4 is 5.32 Å². The van der Waals surface area contributed by atoms with Crippen LogP contribution in [0.3, 0.4) is 0 Å². The maximum atomic E-state index is 12.8. The van der Waals surface area contributed by atoms with Gasteiger partial charge in [-0.2, -0.15) is 0 Å². The maximum absolute atomic E-state index is 12.8. The van der Waals surface area contributed by atoms with E-state index >= 15 is 0 Å². The monoisotopic (exact) mass is 348 g/mol. The molecule has 2 N–H and O–H groups in total. The zero-order valence-electron chi connectivity index (χ0n) is 16.3. The van der Waals surface area contributed by atoms with Crippen LogP contribution in [-0.2, 0) is 15.6 Å². The third kappa shape index (κ3) is 4.73. The standard InChI is InChI=1S/C20H32N2O3/c1-19(2,3)14-7-8-16(20(4,5)6)17(11-14)21-18(24)22-9-10-25-13-15(22)12-23/h7-8,11,15,23H,9-10,12-13H2,1-6H3,(H,21,24). The van der Waals surface area contributed by atoms with Crippen molar-refractivity contribution in [3.8, 4) is 0 Å². The number of hydrogen-bond donors (Lipinski definition) is 2. The van der Waals surface area contributed by atoms with E-state index in [0.29, 0.717) is 19.8 Å².